The summed E-state index contributed by atoms with van der Waals surface area (Å²) in [5.74, 6) is 0.290. The molecular weight excluding hydrogens is 440 g/mol. The van der Waals surface area contributed by atoms with E-state index in [-0.39, 0.29) is 17.4 Å². The van der Waals surface area contributed by atoms with Gasteiger partial charge < -0.3 is 9.64 Å². The molecule has 2 aromatic carbocycles. The Hall–Kier alpha value is -3.17. The van der Waals surface area contributed by atoms with Crippen LogP contribution in [-0.2, 0) is 10.0 Å². The van der Waals surface area contributed by atoms with Gasteiger partial charge in [-0.2, -0.15) is 14.1 Å². The molecule has 1 aliphatic carbocycles. The molecule has 2 aliphatic rings. The largest absolute Gasteiger partial charge is 0.483 e. The van der Waals surface area contributed by atoms with E-state index in [1.54, 1.807) is 36.5 Å². The zero-order valence-electron chi connectivity index (χ0n) is 18.2. The van der Waals surface area contributed by atoms with Gasteiger partial charge in [-0.1, -0.05) is 36.4 Å². The van der Waals surface area contributed by atoms with Gasteiger partial charge in [0.25, 0.3) is 0 Å². The molecule has 9 heteroatoms. The number of sulfonamides is 1. The SMILES string of the molecule is O=c1c(OC2CCC2)c(N2CCN(S(=O)(=O)c3ccccc3)CC2)cnn1-c1ccccc1. The van der Waals surface area contributed by atoms with E-state index in [0.29, 0.717) is 42.4 Å². The molecule has 1 saturated carbocycles. The van der Waals surface area contributed by atoms with Gasteiger partial charge in [-0.15, -0.1) is 0 Å². The van der Waals surface area contributed by atoms with E-state index in [1.807, 2.05) is 35.2 Å². The Morgan fingerprint density at radius 2 is 1.52 bits per heavy atom. The second-order valence-corrected chi connectivity index (χ2v) is 10.2. The summed E-state index contributed by atoms with van der Waals surface area (Å²) in [6.45, 7) is 1.54. The maximum Gasteiger partial charge on any atom is 0.316 e. The molecule has 33 heavy (non-hydrogen) atoms. The Balaban J connectivity index is 1.41. The molecule has 1 aromatic heterocycles. The van der Waals surface area contributed by atoms with E-state index in [9.17, 15) is 13.2 Å². The molecule has 0 atom stereocenters. The summed E-state index contributed by atoms with van der Waals surface area (Å²) in [6, 6.07) is 17.7. The molecule has 172 valence electrons. The smallest absolute Gasteiger partial charge is 0.316 e. The number of ether oxygens (including phenoxy) is 1. The summed E-state index contributed by atoms with van der Waals surface area (Å²) >= 11 is 0. The van der Waals surface area contributed by atoms with Crippen LogP contribution in [0.1, 0.15) is 19.3 Å². The van der Waals surface area contributed by atoms with E-state index in [0.717, 1.165) is 19.3 Å². The predicted molar refractivity (Wildman–Crippen MR) is 126 cm³/mol. The van der Waals surface area contributed by atoms with E-state index < -0.39 is 10.0 Å². The second kappa shape index (κ2) is 8.99. The Kier molecular flexibility index (Phi) is 5.90. The average Bonchev–Trinajstić information content (AvgIpc) is 2.83. The highest BCUT2D eigenvalue weighted by atomic mass is 32.2. The number of piperazine rings is 1. The second-order valence-electron chi connectivity index (χ2n) is 8.29. The van der Waals surface area contributed by atoms with Gasteiger partial charge in [0.1, 0.15) is 5.69 Å². The lowest BCUT2D eigenvalue weighted by Crippen LogP contribution is -2.49. The molecule has 0 spiro atoms. The highest BCUT2D eigenvalue weighted by Gasteiger charge is 2.31. The van der Waals surface area contributed by atoms with Crippen molar-refractivity contribution in [2.24, 2.45) is 0 Å². The van der Waals surface area contributed by atoms with Gasteiger partial charge in [-0.05, 0) is 43.5 Å². The van der Waals surface area contributed by atoms with E-state index in [4.69, 9.17) is 4.74 Å². The third kappa shape index (κ3) is 4.26. The molecule has 8 nitrogen and oxygen atoms in total. The summed E-state index contributed by atoms with van der Waals surface area (Å²) in [5, 5.41) is 4.40. The fourth-order valence-electron chi connectivity index (χ4n) is 4.08. The number of benzene rings is 2. The fraction of sp³-hybridized carbons (Fsp3) is 0.333. The highest BCUT2D eigenvalue weighted by Crippen LogP contribution is 2.31. The zero-order chi connectivity index (χ0) is 22.8. The van der Waals surface area contributed by atoms with Crippen molar-refractivity contribution in [1.29, 1.82) is 0 Å². The Bertz CT molecular complexity index is 1270. The van der Waals surface area contributed by atoms with Crippen molar-refractivity contribution in [1.82, 2.24) is 14.1 Å². The quantitative estimate of drug-likeness (QED) is 0.555. The molecule has 2 heterocycles. The van der Waals surface area contributed by atoms with Crippen molar-refractivity contribution in [3.63, 3.8) is 0 Å². The van der Waals surface area contributed by atoms with Crippen molar-refractivity contribution in [3.05, 3.63) is 77.2 Å². The highest BCUT2D eigenvalue weighted by molar-refractivity contribution is 7.89. The van der Waals surface area contributed by atoms with Gasteiger partial charge in [0.15, 0.2) is 0 Å². The first kappa shape index (κ1) is 21.7. The minimum Gasteiger partial charge on any atom is -0.483 e. The van der Waals surface area contributed by atoms with Crippen molar-refractivity contribution < 1.29 is 13.2 Å². The summed E-state index contributed by atoms with van der Waals surface area (Å²) < 4.78 is 34.9. The summed E-state index contributed by atoms with van der Waals surface area (Å²) in [6.07, 6.45) is 4.63. The molecule has 0 N–H and O–H groups in total. The first-order valence-corrected chi connectivity index (χ1v) is 12.6. The molecule has 0 amide bonds. The fourth-order valence-corrected chi connectivity index (χ4v) is 5.53. The van der Waals surface area contributed by atoms with E-state index >= 15 is 0 Å². The van der Waals surface area contributed by atoms with E-state index in [1.165, 1.54) is 8.99 Å². The van der Waals surface area contributed by atoms with Crippen molar-refractivity contribution in [3.8, 4) is 11.4 Å². The van der Waals surface area contributed by atoms with Crippen LogP contribution in [0.15, 0.2) is 76.6 Å². The molecule has 2 fully saturated rings. The first-order chi connectivity index (χ1) is 16.0. The van der Waals surface area contributed by atoms with Crippen LogP contribution in [0.4, 0.5) is 5.69 Å². The lowest BCUT2D eigenvalue weighted by atomic mass is 9.96. The van der Waals surface area contributed by atoms with Gasteiger partial charge in [0.2, 0.25) is 15.8 Å². The van der Waals surface area contributed by atoms with Crippen molar-refractivity contribution >= 4 is 15.7 Å². The van der Waals surface area contributed by atoms with Crippen LogP contribution < -0.4 is 15.2 Å². The van der Waals surface area contributed by atoms with Crippen molar-refractivity contribution in [2.45, 2.75) is 30.3 Å². The Morgan fingerprint density at radius 3 is 2.12 bits per heavy atom. The molecule has 0 radical (unpaired) electrons. The minimum atomic E-state index is -3.55. The number of nitrogens with zero attached hydrogens (tertiary/aromatic N) is 4. The third-order valence-corrected chi connectivity index (χ3v) is 8.13. The Morgan fingerprint density at radius 1 is 0.879 bits per heavy atom. The van der Waals surface area contributed by atoms with Crippen molar-refractivity contribution in [2.75, 3.05) is 31.1 Å². The summed E-state index contributed by atoms with van der Waals surface area (Å²) in [5.41, 5.74) is 0.993. The molecule has 0 bridgehead atoms. The lowest BCUT2D eigenvalue weighted by Gasteiger charge is -2.36. The van der Waals surface area contributed by atoms with Crippen LogP contribution in [0.2, 0.25) is 0 Å². The molecule has 3 aromatic rings. The van der Waals surface area contributed by atoms with Gasteiger partial charge in [0, 0.05) is 26.2 Å². The predicted octanol–water partition coefficient (Wildman–Crippen LogP) is 2.67. The summed E-state index contributed by atoms with van der Waals surface area (Å²) in [7, 11) is -3.55. The number of hydrogen-bond acceptors (Lipinski definition) is 6. The van der Waals surface area contributed by atoms with Crippen LogP contribution in [0.3, 0.4) is 0 Å². The molecule has 1 saturated heterocycles. The van der Waals surface area contributed by atoms with Crippen LogP contribution in [0, 0.1) is 0 Å². The summed E-state index contributed by atoms with van der Waals surface area (Å²) in [4.78, 5) is 15.6. The van der Waals surface area contributed by atoms with Crippen LogP contribution in [0.5, 0.6) is 5.75 Å². The lowest BCUT2D eigenvalue weighted by molar-refractivity contribution is 0.118. The average molecular weight is 467 g/mol. The number of para-hydroxylation sites is 1. The first-order valence-electron chi connectivity index (χ1n) is 11.2. The van der Waals surface area contributed by atoms with Crippen LogP contribution in [-0.4, -0.2) is 54.8 Å². The Labute approximate surface area is 193 Å². The monoisotopic (exact) mass is 466 g/mol. The van der Waals surface area contributed by atoms with Crippen LogP contribution in [0.25, 0.3) is 5.69 Å². The molecule has 0 unspecified atom stereocenters. The normalized spacial score (nSPS) is 17.5. The van der Waals surface area contributed by atoms with Crippen LogP contribution >= 0.6 is 0 Å². The number of aromatic nitrogens is 2. The maximum absolute atomic E-state index is 13.4. The van der Waals surface area contributed by atoms with Gasteiger partial charge in [-0.3, -0.25) is 4.79 Å². The molecule has 1 aliphatic heterocycles. The maximum atomic E-state index is 13.4. The standard InChI is InChI=1S/C24H26N4O4S/c29-24-23(32-20-10-7-11-20)22(18-25-28(24)19-8-3-1-4-9-19)26-14-16-27(17-15-26)33(30,31)21-12-5-2-6-13-21/h1-6,8-9,12-13,18,20H,7,10-11,14-17H2. The molecule has 5 rings (SSSR count). The minimum absolute atomic E-state index is 0.0304. The molecular formula is C24H26N4O4S. The zero-order valence-corrected chi connectivity index (χ0v) is 19.0. The topological polar surface area (TPSA) is 84.7 Å². The van der Waals surface area contributed by atoms with Gasteiger partial charge >= 0.3 is 5.56 Å². The number of hydrogen-bond donors (Lipinski definition) is 0. The van der Waals surface area contributed by atoms with Gasteiger partial charge in [-0.25, -0.2) is 8.42 Å². The van der Waals surface area contributed by atoms with Gasteiger partial charge in [0.05, 0.1) is 22.9 Å². The van der Waals surface area contributed by atoms with E-state index in [2.05, 4.69) is 5.10 Å². The number of rotatable bonds is 6. The third-order valence-electron chi connectivity index (χ3n) is 6.21. The number of anilines is 1.